The molecule has 0 amide bonds. The number of aliphatic imine (C=N–C) groups is 1. The smallest absolute Gasteiger partial charge is 0.193 e. The Bertz CT molecular complexity index is 358. The second-order valence-corrected chi connectivity index (χ2v) is 6.23. The molecule has 3 aliphatic rings. The SMILES string of the molecule is CN1CCN=C1NCC1CCC2(CCOCC2)C1O.I. The summed E-state index contributed by atoms with van der Waals surface area (Å²) < 4.78 is 5.44. The first-order chi connectivity index (χ1) is 9.21. The van der Waals surface area contributed by atoms with Crippen molar-refractivity contribution in [3.05, 3.63) is 0 Å². The van der Waals surface area contributed by atoms with Gasteiger partial charge in [0.2, 0.25) is 0 Å². The van der Waals surface area contributed by atoms with Crippen LogP contribution in [0.25, 0.3) is 0 Å². The van der Waals surface area contributed by atoms with E-state index in [1.807, 2.05) is 0 Å². The number of hydrogen-bond acceptors (Lipinski definition) is 5. The quantitative estimate of drug-likeness (QED) is 0.687. The summed E-state index contributed by atoms with van der Waals surface area (Å²) in [6, 6.07) is 0. The van der Waals surface area contributed by atoms with E-state index in [0.29, 0.717) is 5.92 Å². The van der Waals surface area contributed by atoms with Crippen LogP contribution in [0.15, 0.2) is 4.99 Å². The molecule has 2 fully saturated rings. The minimum atomic E-state index is -0.184. The molecule has 3 rings (SSSR count). The molecular formula is C14H26IN3O2. The van der Waals surface area contributed by atoms with E-state index >= 15 is 0 Å². The van der Waals surface area contributed by atoms with Gasteiger partial charge in [0.15, 0.2) is 5.96 Å². The molecule has 0 aromatic carbocycles. The van der Waals surface area contributed by atoms with Crippen molar-refractivity contribution in [2.24, 2.45) is 16.3 Å². The van der Waals surface area contributed by atoms with Crippen LogP contribution in [-0.4, -0.2) is 62.0 Å². The van der Waals surface area contributed by atoms with E-state index in [9.17, 15) is 5.11 Å². The lowest BCUT2D eigenvalue weighted by Gasteiger charge is -2.37. The topological polar surface area (TPSA) is 57.1 Å². The van der Waals surface area contributed by atoms with E-state index in [-0.39, 0.29) is 35.5 Å². The van der Waals surface area contributed by atoms with Crippen LogP contribution >= 0.6 is 24.0 Å². The summed E-state index contributed by atoms with van der Waals surface area (Å²) >= 11 is 0. The van der Waals surface area contributed by atoms with Crippen LogP contribution in [0.2, 0.25) is 0 Å². The third-order valence-electron chi connectivity index (χ3n) is 5.16. The fourth-order valence-corrected chi connectivity index (χ4v) is 3.76. The second kappa shape index (κ2) is 6.79. The minimum absolute atomic E-state index is 0. The molecule has 1 saturated heterocycles. The number of ether oxygens (including phenoxy) is 1. The molecule has 0 aromatic rings. The second-order valence-electron chi connectivity index (χ2n) is 6.23. The highest BCUT2D eigenvalue weighted by Gasteiger charge is 2.48. The van der Waals surface area contributed by atoms with Crippen molar-refractivity contribution in [2.45, 2.75) is 31.8 Å². The van der Waals surface area contributed by atoms with Crippen molar-refractivity contribution < 1.29 is 9.84 Å². The molecule has 2 heterocycles. The Hall–Kier alpha value is -0.0800. The first-order valence-corrected chi connectivity index (χ1v) is 7.47. The zero-order valence-corrected chi connectivity index (χ0v) is 14.5. The maximum atomic E-state index is 10.7. The van der Waals surface area contributed by atoms with Crippen molar-refractivity contribution in [2.75, 3.05) is 39.9 Å². The van der Waals surface area contributed by atoms with Gasteiger partial charge in [-0.3, -0.25) is 4.99 Å². The lowest BCUT2D eigenvalue weighted by molar-refractivity contribution is -0.0553. The first kappa shape index (κ1) is 16.3. The Kier molecular flexibility index (Phi) is 5.53. The molecular weight excluding hydrogens is 369 g/mol. The van der Waals surface area contributed by atoms with Crippen molar-refractivity contribution in [3.63, 3.8) is 0 Å². The average molecular weight is 395 g/mol. The van der Waals surface area contributed by atoms with Gasteiger partial charge in [0, 0.05) is 44.7 Å². The van der Waals surface area contributed by atoms with Gasteiger partial charge in [0.05, 0.1) is 12.6 Å². The number of halogens is 1. The summed E-state index contributed by atoms with van der Waals surface area (Å²) in [6.45, 7) is 4.34. The molecule has 6 heteroatoms. The summed E-state index contributed by atoms with van der Waals surface area (Å²) in [4.78, 5) is 6.58. The number of nitrogens with zero attached hydrogens (tertiary/aromatic N) is 2. The minimum Gasteiger partial charge on any atom is -0.392 e. The lowest BCUT2D eigenvalue weighted by atomic mass is 9.76. The van der Waals surface area contributed by atoms with E-state index in [1.54, 1.807) is 0 Å². The zero-order valence-electron chi connectivity index (χ0n) is 12.2. The van der Waals surface area contributed by atoms with Gasteiger partial charge in [-0.15, -0.1) is 24.0 Å². The number of nitrogens with one attached hydrogen (secondary N) is 1. The van der Waals surface area contributed by atoms with Crippen molar-refractivity contribution in [3.8, 4) is 0 Å². The molecule has 1 aliphatic carbocycles. The van der Waals surface area contributed by atoms with E-state index < -0.39 is 0 Å². The highest BCUT2D eigenvalue weighted by atomic mass is 127. The van der Waals surface area contributed by atoms with E-state index in [0.717, 1.165) is 64.5 Å². The van der Waals surface area contributed by atoms with Crippen LogP contribution in [0.3, 0.4) is 0 Å². The summed E-state index contributed by atoms with van der Waals surface area (Å²) in [5.41, 5.74) is 0.133. The molecule has 20 heavy (non-hydrogen) atoms. The molecule has 1 spiro atoms. The number of rotatable bonds is 2. The lowest BCUT2D eigenvalue weighted by Crippen LogP contribution is -2.43. The maximum absolute atomic E-state index is 10.7. The third kappa shape index (κ3) is 3.06. The van der Waals surface area contributed by atoms with Gasteiger partial charge in [-0.05, 0) is 25.7 Å². The number of likely N-dealkylation sites (N-methyl/N-ethyl adjacent to an activating group) is 1. The molecule has 5 nitrogen and oxygen atoms in total. The molecule has 1 saturated carbocycles. The monoisotopic (exact) mass is 395 g/mol. The van der Waals surface area contributed by atoms with Crippen molar-refractivity contribution >= 4 is 29.9 Å². The highest BCUT2D eigenvalue weighted by molar-refractivity contribution is 14.0. The van der Waals surface area contributed by atoms with Crippen molar-refractivity contribution in [1.82, 2.24) is 10.2 Å². The zero-order chi connectivity index (χ0) is 13.3. The fraction of sp³-hybridized carbons (Fsp3) is 0.929. The summed E-state index contributed by atoms with van der Waals surface area (Å²) in [5, 5.41) is 14.1. The van der Waals surface area contributed by atoms with Gasteiger partial charge in [0.25, 0.3) is 0 Å². The number of hydrogen-bond donors (Lipinski definition) is 2. The fourth-order valence-electron chi connectivity index (χ4n) is 3.76. The molecule has 0 radical (unpaired) electrons. The standard InChI is InChI=1S/C14H25N3O2.HI/c1-17-7-6-15-13(17)16-10-11-2-3-14(12(11)18)4-8-19-9-5-14;/h11-12,18H,2-10H2,1H3,(H,15,16);1H. The number of aliphatic hydroxyl groups excluding tert-OH is 1. The van der Waals surface area contributed by atoms with Gasteiger partial charge in [-0.25, -0.2) is 0 Å². The van der Waals surface area contributed by atoms with Gasteiger partial charge < -0.3 is 20.1 Å². The Labute approximate surface area is 138 Å². The van der Waals surface area contributed by atoms with Gasteiger partial charge in [-0.2, -0.15) is 0 Å². The Morgan fingerprint density at radius 2 is 2.15 bits per heavy atom. The van der Waals surface area contributed by atoms with Crippen LogP contribution in [-0.2, 0) is 4.74 Å². The molecule has 2 N–H and O–H groups in total. The molecule has 0 aromatic heterocycles. The summed E-state index contributed by atoms with van der Waals surface area (Å²) in [7, 11) is 2.06. The molecule has 2 unspecified atom stereocenters. The third-order valence-corrected chi connectivity index (χ3v) is 5.16. The van der Waals surface area contributed by atoms with Gasteiger partial charge in [-0.1, -0.05) is 0 Å². The van der Waals surface area contributed by atoms with Crippen LogP contribution < -0.4 is 5.32 Å². The van der Waals surface area contributed by atoms with Gasteiger partial charge >= 0.3 is 0 Å². The first-order valence-electron chi connectivity index (χ1n) is 7.47. The van der Waals surface area contributed by atoms with E-state index in [2.05, 4.69) is 22.3 Å². The number of guanidine groups is 1. The van der Waals surface area contributed by atoms with E-state index in [1.165, 1.54) is 0 Å². The predicted molar refractivity (Wildman–Crippen MR) is 89.6 cm³/mol. The van der Waals surface area contributed by atoms with Gasteiger partial charge in [0.1, 0.15) is 0 Å². The average Bonchev–Trinajstić information content (AvgIpc) is 2.96. The molecule has 2 atom stereocenters. The maximum Gasteiger partial charge on any atom is 0.193 e. The Morgan fingerprint density at radius 1 is 1.40 bits per heavy atom. The molecule has 116 valence electrons. The Morgan fingerprint density at radius 3 is 2.80 bits per heavy atom. The highest BCUT2D eigenvalue weighted by Crippen LogP contribution is 2.48. The van der Waals surface area contributed by atoms with Crippen LogP contribution in [0, 0.1) is 11.3 Å². The van der Waals surface area contributed by atoms with Crippen molar-refractivity contribution in [1.29, 1.82) is 0 Å². The van der Waals surface area contributed by atoms with Crippen LogP contribution in [0.5, 0.6) is 0 Å². The van der Waals surface area contributed by atoms with Crippen LogP contribution in [0.4, 0.5) is 0 Å². The largest absolute Gasteiger partial charge is 0.392 e. The molecule has 0 bridgehead atoms. The summed E-state index contributed by atoms with van der Waals surface area (Å²) in [6.07, 6.45) is 4.12. The number of aliphatic hydroxyl groups is 1. The van der Waals surface area contributed by atoms with E-state index in [4.69, 9.17) is 4.74 Å². The summed E-state index contributed by atoms with van der Waals surface area (Å²) in [5.74, 6) is 1.34. The predicted octanol–water partition coefficient (Wildman–Crippen LogP) is 1.06. The molecule has 2 aliphatic heterocycles. The Balaban J connectivity index is 0.00000147. The van der Waals surface area contributed by atoms with Crippen LogP contribution in [0.1, 0.15) is 25.7 Å². The normalized spacial score (nSPS) is 32.1.